The third-order valence-electron chi connectivity index (χ3n) is 5.99. The summed E-state index contributed by atoms with van der Waals surface area (Å²) in [4.78, 5) is 42.9. The van der Waals surface area contributed by atoms with Gasteiger partial charge in [-0.3, -0.25) is 9.69 Å². The van der Waals surface area contributed by atoms with Crippen molar-refractivity contribution in [2.24, 2.45) is 0 Å². The fourth-order valence-corrected chi connectivity index (χ4v) is 4.20. The predicted octanol–water partition coefficient (Wildman–Crippen LogP) is 1.58. The molecule has 3 aliphatic heterocycles. The van der Waals surface area contributed by atoms with Crippen LogP contribution < -0.4 is 25.2 Å². The van der Waals surface area contributed by atoms with Crippen molar-refractivity contribution in [2.45, 2.75) is 25.5 Å². The molecule has 2 amide bonds. The highest BCUT2D eigenvalue weighted by atomic mass is 19.1. The van der Waals surface area contributed by atoms with E-state index in [1.807, 2.05) is 0 Å². The van der Waals surface area contributed by atoms with Crippen LogP contribution in [-0.4, -0.2) is 55.7 Å². The van der Waals surface area contributed by atoms with Crippen molar-refractivity contribution in [3.8, 4) is 5.88 Å². The number of rotatable bonds is 6. The average molecular weight is 455 g/mol. The van der Waals surface area contributed by atoms with Gasteiger partial charge in [0.1, 0.15) is 24.3 Å². The van der Waals surface area contributed by atoms with Gasteiger partial charge in [0.25, 0.3) is 0 Å². The van der Waals surface area contributed by atoms with Crippen molar-refractivity contribution in [2.75, 3.05) is 41.8 Å². The van der Waals surface area contributed by atoms with Gasteiger partial charge in [0.2, 0.25) is 11.8 Å². The zero-order valence-corrected chi connectivity index (χ0v) is 17.9. The van der Waals surface area contributed by atoms with Gasteiger partial charge in [0.05, 0.1) is 18.7 Å². The number of amides is 2. The molecule has 11 heteroatoms. The van der Waals surface area contributed by atoms with E-state index in [0.717, 1.165) is 5.69 Å². The van der Waals surface area contributed by atoms with E-state index in [2.05, 4.69) is 15.6 Å². The first kappa shape index (κ1) is 21.1. The lowest BCUT2D eigenvalue weighted by Crippen LogP contribution is -2.29. The Morgan fingerprint density at radius 2 is 2.09 bits per heavy atom. The Kier molecular flexibility index (Phi) is 5.33. The number of nitrogens with zero attached hydrogens (tertiary/aromatic N) is 3. The van der Waals surface area contributed by atoms with Crippen LogP contribution >= 0.6 is 0 Å². The molecule has 1 saturated heterocycles. The van der Waals surface area contributed by atoms with E-state index in [0.29, 0.717) is 42.1 Å². The van der Waals surface area contributed by atoms with Gasteiger partial charge in [-0.15, -0.1) is 0 Å². The van der Waals surface area contributed by atoms with Crippen molar-refractivity contribution in [3.63, 3.8) is 0 Å². The molecule has 2 aromatic rings. The number of benzene rings is 1. The molecule has 33 heavy (non-hydrogen) atoms. The Balaban J connectivity index is 1.17. The molecule has 1 fully saturated rings. The first-order chi connectivity index (χ1) is 15.9. The lowest BCUT2D eigenvalue weighted by Gasteiger charge is -2.19. The number of ether oxygens (including phenoxy) is 2. The zero-order valence-electron chi connectivity index (χ0n) is 17.9. The van der Waals surface area contributed by atoms with Crippen LogP contribution in [0.1, 0.15) is 17.5 Å². The van der Waals surface area contributed by atoms with Crippen molar-refractivity contribution < 1.29 is 28.2 Å². The normalized spacial score (nSPS) is 19.2. The summed E-state index contributed by atoms with van der Waals surface area (Å²) in [6.45, 7) is 1.11. The predicted molar refractivity (Wildman–Crippen MR) is 116 cm³/mol. The minimum atomic E-state index is -0.531. The molecule has 0 aliphatic carbocycles. The molecule has 5 rings (SSSR count). The van der Waals surface area contributed by atoms with Gasteiger partial charge < -0.3 is 25.0 Å². The summed E-state index contributed by atoms with van der Waals surface area (Å²) in [7, 11) is 1.68. The van der Waals surface area contributed by atoms with Gasteiger partial charge in [0, 0.05) is 24.8 Å². The van der Waals surface area contributed by atoms with E-state index < -0.39 is 12.1 Å². The SMILES string of the molecule is CN1C(=O)Cc2c1ccc(F)c2CNCCC1CN(c2ccc3c(n2)OC(=O)CN3)C(=O)O1. The van der Waals surface area contributed by atoms with Crippen LogP contribution in [0.25, 0.3) is 0 Å². The van der Waals surface area contributed by atoms with E-state index in [-0.39, 0.29) is 43.2 Å². The van der Waals surface area contributed by atoms with Crippen LogP contribution in [-0.2, 0) is 27.3 Å². The number of hydrogen-bond acceptors (Lipinski definition) is 8. The third kappa shape index (κ3) is 3.95. The van der Waals surface area contributed by atoms with Gasteiger partial charge in [-0.1, -0.05) is 0 Å². The summed E-state index contributed by atoms with van der Waals surface area (Å²) in [6.07, 6.45) is -0.202. The second-order valence-electron chi connectivity index (χ2n) is 8.08. The molecule has 2 N–H and O–H groups in total. The number of halogens is 1. The number of aromatic nitrogens is 1. The Morgan fingerprint density at radius 1 is 1.24 bits per heavy atom. The molecule has 0 bridgehead atoms. The zero-order chi connectivity index (χ0) is 23.1. The molecule has 0 radical (unpaired) electrons. The largest absolute Gasteiger partial charge is 0.444 e. The minimum absolute atomic E-state index is 0.0591. The van der Waals surface area contributed by atoms with Gasteiger partial charge in [-0.05, 0) is 42.8 Å². The van der Waals surface area contributed by atoms with Gasteiger partial charge in [0.15, 0.2) is 0 Å². The van der Waals surface area contributed by atoms with Gasteiger partial charge >= 0.3 is 12.1 Å². The standard InChI is InChI=1S/C22H22FN5O5/c1-27-17-4-2-15(23)14(13(17)8-19(27)29)9-24-7-6-12-11-28(22(31)32-12)18-5-3-16-21(26-18)33-20(30)10-25-16/h2-5,12,24-25H,6-11H2,1H3. The van der Waals surface area contributed by atoms with Crippen LogP contribution in [0.2, 0.25) is 0 Å². The summed E-state index contributed by atoms with van der Waals surface area (Å²) < 4.78 is 24.9. The van der Waals surface area contributed by atoms with Crippen molar-refractivity contribution in [1.29, 1.82) is 0 Å². The van der Waals surface area contributed by atoms with E-state index in [4.69, 9.17) is 9.47 Å². The number of pyridine rings is 1. The molecular formula is C22H22FN5O5. The molecule has 1 atom stereocenters. The minimum Gasteiger partial charge on any atom is -0.444 e. The smallest absolute Gasteiger partial charge is 0.415 e. The number of likely N-dealkylation sites (N-methyl/N-ethyl adjacent to an activating group) is 1. The quantitative estimate of drug-likeness (QED) is 0.499. The number of esters is 1. The maximum Gasteiger partial charge on any atom is 0.415 e. The van der Waals surface area contributed by atoms with Crippen LogP contribution in [0.4, 0.5) is 26.4 Å². The molecule has 0 saturated carbocycles. The number of cyclic esters (lactones) is 1. The Morgan fingerprint density at radius 3 is 2.94 bits per heavy atom. The Labute approximate surface area is 188 Å². The number of anilines is 3. The number of hydrogen-bond donors (Lipinski definition) is 2. The number of fused-ring (bicyclic) bond motifs is 2. The highest BCUT2D eigenvalue weighted by molar-refractivity contribution is 6.01. The van der Waals surface area contributed by atoms with Gasteiger partial charge in [-0.2, -0.15) is 4.98 Å². The fraction of sp³-hybridized carbons (Fsp3) is 0.364. The number of nitrogens with one attached hydrogen (secondary N) is 2. The Hall–Kier alpha value is -3.73. The van der Waals surface area contributed by atoms with Gasteiger partial charge in [-0.25, -0.2) is 14.0 Å². The summed E-state index contributed by atoms with van der Waals surface area (Å²) >= 11 is 0. The second kappa shape index (κ2) is 8.32. The van der Waals surface area contributed by atoms with E-state index >= 15 is 0 Å². The topological polar surface area (TPSA) is 113 Å². The molecule has 1 aromatic carbocycles. The van der Waals surface area contributed by atoms with E-state index in [1.54, 1.807) is 25.2 Å². The molecule has 0 spiro atoms. The summed E-state index contributed by atoms with van der Waals surface area (Å²) in [5.74, 6) is -0.395. The summed E-state index contributed by atoms with van der Waals surface area (Å²) in [5.41, 5.74) is 2.51. The van der Waals surface area contributed by atoms with Crippen LogP contribution in [0.5, 0.6) is 5.88 Å². The first-order valence-electron chi connectivity index (χ1n) is 10.6. The highest BCUT2D eigenvalue weighted by Gasteiger charge is 2.34. The Bertz CT molecular complexity index is 1160. The first-order valence-corrected chi connectivity index (χ1v) is 10.6. The number of carbonyl (C=O) groups is 3. The molecule has 3 aliphatic rings. The molecule has 1 unspecified atom stereocenters. The summed E-state index contributed by atoms with van der Waals surface area (Å²) in [6, 6.07) is 6.35. The van der Waals surface area contributed by atoms with Crippen molar-refractivity contribution in [1.82, 2.24) is 10.3 Å². The average Bonchev–Trinajstić information content (AvgIpc) is 3.30. The molecule has 1 aromatic heterocycles. The maximum absolute atomic E-state index is 14.4. The maximum atomic E-state index is 14.4. The molecule has 4 heterocycles. The highest BCUT2D eigenvalue weighted by Crippen LogP contribution is 2.32. The van der Waals surface area contributed by atoms with Crippen LogP contribution in [0, 0.1) is 5.82 Å². The van der Waals surface area contributed by atoms with Crippen molar-refractivity contribution >= 4 is 35.2 Å². The van der Waals surface area contributed by atoms with Crippen LogP contribution in [0.3, 0.4) is 0 Å². The van der Waals surface area contributed by atoms with Crippen molar-refractivity contribution in [3.05, 3.63) is 41.2 Å². The van der Waals surface area contributed by atoms with E-state index in [1.165, 1.54) is 15.9 Å². The number of carbonyl (C=O) groups excluding carboxylic acids is 3. The van der Waals surface area contributed by atoms with E-state index in [9.17, 15) is 18.8 Å². The lowest BCUT2D eigenvalue weighted by atomic mass is 10.0. The molecule has 172 valence electrons. The van der Waals surface area contributed by atoms with Crippen LogP contribution in [0.15, 0.2) is 24.3 Å². The molecule has 10 nitrogen and oxygen atoms in total. The third-order valence-corrected chi connectivity index (χ3v) is 5.99. The fourth-order valence-electron chi connectivity index (χ4n) is 4.20. The monoisotopic (exact) mass is 455 g/mol. The summed E-state index contributed by atoms with van der Waals surface area (Å²) in [5, 5.41) is 6.08. The lowest BCUT2D eigenvalue weighted by molar-refractivity contribution is -0.133. The molecular weight excluding hydrogens is 433 g/mol. The second-order valence-corrected chi connectivity index (χ2v) is 8.08.